The molecule has 5 nitrogen and oxygen atoms in total. The van der Waals surface area contributed by atoms with Crippen LogP contribution in [0.25, 0.3) is 6.08 Å². The van der Waals surface area contributed by atoms with Crippen LogP contribution in [0.1, 0.15) is 36.6 Å². The molecule has 0 unspecified atom stereocenters. The van der Waals surface area contributed by atoms with Crippen molar-refractivity contribution in [1.82, 2.24) is 5.32 Å². The smallest absolute Gasteiger partial charge is 0.262 e. The zero-order chi connectivity index (χ0) is 24.5. The molecule has 174 valence electrons. The topological polar surface area (TPSA) is 71.3 Å². The van der Waals surface area contributed by atoms with Crippen LogP contribution in [0, 0.1) is 11.3 Å². The van der Waals surface area contributed by atoms with Crippen LogP contribution in [0.5, 0.6) is 11.5 Å². The molecule has 0 bridgehead atoms. The maximum atomic E-state index is 12.8. The summed E-state index contributed by atoms with van der Waals surface area (Å²) in [7, 11) is 0. The van der Waals surface area contributed by atoms with Crippen molar-refractivity contribution in [2.45, 2.75) is 26.5 Å². The Morgan fingerprint density at radius 2 is 1.79 bits per heavy atom. The first-order chi connectivity index (χ1) is 16.4. The Morgan fingerprint density at radius 1 is 1.12 bits per heavy atom. The van der Waals surface area contributed by atoms with Gasteiger partial charge in [-0.05, 0) is 60.9 Å². The van der Waals surface area contributed by atoms with Crippen molar-refractivity contribution in [3.05, 3.63) is 98.5 Å². The van der Waals surface area contributed by atoms with E-state index in [0.717, 1.165) is 11.1 Å². The van der Waals surface area contributed by atoms with E-state index < -0.39 is 5.91 Å². The number of hydrogen-bond acceptors (Lipinski definition) is 4. The van der Waals surface area contributed by atoms with Crippen molar-refractivity contribution < 1.29 is 14.3 Å². The molecule has 7 heteroatoms. The molecule has 0 aromatic heterocycles. The van der Waals surface area contributed by atoms with Crippen LogP contribution in [-0.2, 0) is 11.4 Å². The molecule has 1 N–H and O–H groups in total. The standard InChI is InChI=1S/C27H24BrClN2O3/c1-3-33-25-14-21(24(28)15-26(25)34-17-19-9-11-23(29)12-10-19)13-22(16-30)27(32)31-18(2)20-7-5-4-6-8-20/h4-15,18H,3,17H2,1-2H3,(H,31,32)/b22-13-/t18-/m1/s1. The molecule has 0 aliphatic rings. The summed E-state index contributed by atoms with van der Waals surface area (Å²) in [5, 5.41) is 13.2. The molecule has 3 aromatic carbocycles. The van der Waals surface area contributed by atoms with Crippen LogP contribution < -0.4 is 14.8 Å². The van der Waals surface area contributed by atoms with Crippen molar-refractivity contribution in [3.8, 4) is 17.6 Å². The second-order valence-electron chi connectivity index (χ2n) is 7.44. The highest BCUT2D eigenvalue weighted by Crippen LogP contribution is 2.35. The molecule has 3 aromatic rings. The molecule has 0 fully saturated rings. The number of carbonyl (C=O) groups is 1. The molecule has 0 radical (unpaired) electrons. The molecule has 0 heterocycles. The molecule has 0 saturated carbocycles. The van der Waals surface area contributed by atoms with E-state index in [1.807, 2.05) is 62.4 Å². The number of nitrogens with zero attached hydrogens (tertiary/aromatic N) is 1. The molecular formula is C27H24BrClN2O3. The van der Waals surface area contributed by atoms with Gasteiger partial charge in [-0.25, -0.2) is 0 Å². The van der Waals surface area contributed by atoms with Crippen LogP contribution in [0.2, 0.25) is 5.02 Å². The Balaban J connectivity index is 1.81. The fourth-order valence-electron chi connectivity index (χ4n) is 3.19. The highest BCUT2D eigenvalue weighted by molar-refractivity contribution is 9.10. The zero-order valence-electron chi connectivity index (χ0n) is 18.8. The molecule has 3 rings (SSSR count). The number of carbonyl (C=O) groups excluding carboxylic acids is 1. The maximum Gasteiger partial charge on any atom is 0.262 e. The van der Waals surface area contributed by atoms with Crippen LogP contribution in [0.15, 0.2) is 76.8 Å². The second kappa shape index (κ2) is 12.3. The Bertz CT molecular complexity index is 1210. The molecule has 0 aliphatic carbocycles. The third-order valence-corrected chi connectivity index (χ3v) is 5.92. The van der Waals surface area contributed by atoms with Gasteiger partial charge in [0.1, 0.15) is 18.2 Å². The third kappa shape index (κ3) is 6.86. The third-order valence-electron chi connectivity index (χ3n) is 4.98. The normalized spacial score (nSPS) is 11.9. The quantitative estimate of drug-likeness (QED) is 0.238. The monoisotopic (exact) mass is 538 g/mol. The molecule has 34 heavy (non-hydrogen) atoms. The van der Waals surface area contributed by atoms with Crippen LogP contribution in [0.4, 0.5) is 0 Å². The average Bonchev–Trinajstić information content (AvgIpc) is 2.84. The van der Waals surface area contributed by atoms with E-state index in [4.69, 9.17) is 21.1 Å². The summed E-state index contributed by atoms with van der Waals surface area (Å²) >= 11 is 9.47. The lowest BCUT2D eigenvalue weighted by Crippen LogP contribution is -2.27. The lowest BCUT2D eigenvalue weighted by molar-refractivity contribution is -0.117. The SMILES string of the molecule is CCOc1cc(/C=C(/C#N)C(=O)N[C@H](C)c2ccccc2)c(Br)cc1OCc1ccc(Cl)cc1. The van der Waals surface area contributed by atoms with Gasteiger partial charge in [0.2, 0.25) is 0 Å². The summed E-state index contributed by atoms with van der Waals surface area (Å²) in [5.41, 5.74) is 2.53. The number of ether oxygens (including phenoxy) is 2. The first-order valence-electron chi connectivity index (χ1n) is 10.7. The highest BCUT2D eigenvalue weighted by Gasteiger charge is 2.16. The predicted molar refractivity (Wildman–Crippen MR) is 138 cm³/mol. The van der Waals surface area contributed by atoms with E-state index in [0.29, 0.717) is 39.8 Å². The Morgan fingerprint density at radius 3 is 2.44 bits per heavy atom. The number of nitriles is 1. The molecule has 1 atom stereocenters. The van der Waals surface area contributed by atoms with Gasteiger partial charge in [-0.1, -0.05) is 70.0 Å². The highest BCUT2D eigenvalue weighted by atomic mass is 79.9. The number of rotatable bonds is 9. The summed E-state index contributed by atoms with van der Waals surface area (Å²) in [6, 6.07) is 22.2. The minimum atomic E-state index is -0.452. The van der Waals surface area contributed by atoms with Gasteiger partial charge in [-0.15, -0.1) is 0 Å². The maximum absolute atomic E-state index is 12.8. The van der Waals surface area contributed by atoms with Gasteiger partial charge in [0.15, 0.2) is 11.5 Å². The largest absolute Gasteiger partial charge is 0.490 e. The van der Waals surface area contributed by atoms with E-state index in [9.17, 15) is 10.1 Å². The van der Waals surface area contributed by atoms with Crippen molar-refractivity contribution in [1.29, 1.82) is 5.26 Å². The fraction of sp³-hybridized carbons (Fsp3) is 0.185. The summed E-state index contributed by atoms with van der Waals surface area (Å²) < 4.78 is 12.4. The number of hydrogen-bond donors (Lipinski definition) is 1. The Hall–Kier alpha value is -3.27. The van der Waals surface area contributed by atoms with E-state index >= 15 is 0 Å². The Kier molecular flexibility index (Phi) is 9.15. The summed E-state index contributed by atoms with van der Waals surface area (Å²) in [5.74, 6) is 0.606. The minimum absolute atomic E-state index is 0.0132. The van der Waals surface area contributed by atoms with E-state index in [-0.39, 0.29) is 11.6 Å². The van der Waals surface area contributed by atoms with E-state index in [1.54, 1.807) is 24.3 Å². The van der Waals surface area contributed by atoms with Gasteiger partial charge in [-0.2, -0.15) is 5.26 Å². The molecule has 0 saturated heterocycles. The van der Waals surface area contributed by atoms with Gasteiger partial charge in [0.05, 0.1) is 12.6 Å². The average molecular weight is 540 g/mol. The first kappa shape index (κ1) is 25.4. The molecule has 0 spiro atoms. The number of amides is 1. The van der Waals surface area contributed by atoms with Gasteiger partial charge < -0.3 is 14.8 Å². The lowest BCUT2D eigenvalue weighted by Gasteiger charge is -2.15. The number of benzene rings is 3. The zero-order valence-corrected chi connectivity index (χ0v) is 21.2. The lowest BCUT2D eigenvalue weighted by atomic mass is 10.1. The number of nitrogens with one attached hydrogen (secondary N) is 1. The van der Waals surface area contributed by atoms with Gasteiger partial charge >= 0.3 is 0 Å². The Labute approximate surface area is 213 Å². The van der Waals surface area contributed by atoms with E-state index in [2.05, 4.69) is 21.2 Å². The predicted octanol–water partition coefficient (Wildman–Crippen LogP) is 6.86. The minimum Gasteiger partial charge on any atom is -0.490 e. The molecular weight excluding hydrogens is 516 g/mol. The summed E-state index contributed by atoms with van der Waals surface area (Å²) in [6.45, 7) is 4.52. The first-order valence-corrected chi connectivity index (χ1v) is 11.9. The van der Waals surface area contributed by atoms with Crippen LogP contribution in [0.3, 0.4) is 0 Å². The van der Waals surface area contributed by atoms with Gasteiger partial charge in [0, 0.05) is 9.50 Å². The van der Waals surface area contributed by atoms with Gasteiger partial charge in [-0.3, -0.25) is 4.79 Å². The van der Waals surface area contributed by atoms with Crippen molar-refractivity contribution in [2.75, 3.05) is 6.61 Å². The number of halogens is 2. The van der Waals surface area contributed by atoms with Crippen LogP contribution >= 0.6 is 27.5 Å². The molecule has 0 aliphatic heterocycles. The van der Waals surface area contributed by atoms with Crippen LogP contribution in [-0.4, -0.2) is 12.5 Å². The van der Waals surface area contributed by atoms with Crippen molar-refractivity contribution in [3.63, 3.8) is 0 Å². The summed E-state index contributed by atoms with van der Waals surface area (Å²) in [4.78, 5) is 12.8. The second-order valence-corrected chi connectivity index (χ2v) is 8.74. The molecule has 1 amide bonds. The summed E-state index contributed by atoms with van der Waals surface area (Å²) in [6.07, 6.45) is 1.53. The van der Waals surface area contributed by atoms with Gasteiger partial charge in [0.25, 0.3) is 5.91 Å². The van der Waals surface area contributed by atoms with Crippen molar-refractivity contribution in [2.24, 2.45) is 0 Å². The fourth-order valence-corrected chi connectivity index (χ4v) is 3.75. The van der Waals surface area contributed by atoms with E-state index in [1.165, 1.54) is 6.08 Å². The van der Waals surface area contributed by atoms with Crippen molar-refractivity contribution >= 4 is 39.5 Å².